The molecule has 28 heavy (non-hydrogen) atoms. The van der Waals surface area contributed by atoms with Crippen molar-refractivity contribution in [1.82, 2.24) is 5.16 Å². The number of oxime groups is 1. The van der Waals surface area contributed by atoms with Gasteiger partial charge in [0, 0.05) is 12.5 Å². The lowest BCUT2D eigenvalue weighted by Gasteiger charge is -2.12. The lowest BCUT2D eigenvalue weighted by Crippen LogP contribution is -2.03. The predicted molar refractivity (Wildman–Crippen MR) is 110 cm³/mol. The number of rotatable bonds is 9. The van der Waals surface area contributed by atoms with Gasteiger partial charge in [-0.2, -0.15) is 0 Å². The minimum absolute atomic E-state index is 0.460. The van der Waals surface area contributed by atoms with Crippen LogP contribution in [0.1, 0.15) is 40.1 Å². The van der Waals surface area contributed by atoms with Gasteiger partial charge in [-0.05, 0) is 61.6 Å². The molecular formula is C23H26N2O3. The Morgan fingerprint density at radius 2 is 1.79 bits per heavy atom. The minimum atomic E-state index is 0.460. The summed E-state index contributed by atoms with van der Waals surface area (Å²) in [7, 11) is 0. The smallest absolute Gasteiger partial charge is 0.142 e. The zero-order valence-corrected chi connectivity index (χ0v) is 16.6. The van der Waals surface area contributed by atoms with Crippen molar-refractivity contribution in [3.63, 3.8) is 0 Å². The summed E-state index contributed by atoms with van der Waals surface area (Å²) >= 11 is 0. The number of ether oxygens (including phenoxy) is 1. The zero-order valence-electron chi connectivity index (χ0n) is 16.6. The molecule has 0 N–H and O–H groups in total. The third-order valence-electron chi connectivity index (χ3n) is 4.32. The topological polar surface area (TPSA) is 56.9 Å². The molecule has 146 valence electrons. The summed E-state index contributed by atoms with van der Waals surface area (Å²) in [6.45, 7) is 7.11. The van der Waals surface area contributed by atoms with Gasteiger partial charge in [-0.1, -0.05) is 40.6 Å². The molecule has 0 bridgehead atoms. The summed E-state index contributed by atoms with van der Waals surface area (Å²) in [4.78, 5) is 5.38. The van der Waals surface area contributed by atoms with Gasteiger partial charge >= 0.3 is 0 Å². The first kappa shape index (κ1) is 19.7. The Morgan fingerprint density at radius 3 is 2.46 bits per heavy atom. The van der Waals surface area contributed by atoms with Gasteiger partial charge in [-0.15, -0.1) is 0 Å². The Bertz CT molecular complexity index is 894. The van der Waals surface area contributed by atoms with E-state index in [1.165, 1.54) is 0 Å². The predicted octanol–water partition coefficient (Wildman–Crippen LogP) is 5.16. The van der Waals surface area contributed by atoms with Crippen molar-refractivity contribution in [3.8, 4) is 5.75 Å². The largest absolute Gasteiger partial charge is 0.493 e. The summed E-state index contributed by atoms with van der Waals surface area (Å²) in [6, 6.07) is 16.1. The number of hydrogen-bond acceptors (Lipinski definition) is 5. The van der Waals surface area contributed by atoms with E-state index in [2.05, 4.69) is 22.4 Å². The van der Waals surface area contributed by atoms with Gasteiger partial charge in [0.25, 0.3) is 0 Å². The van der Waals surface area contributed by atoms with E-state index < -0.39 is 0 Å². The number of hydrogen-bond donors (Lipinski definition) is 0. The summed E-state index contributed by atoms with van der Waals surface area (Å²) in [5.41, 5.74) is 5.16. The Morgan fingerprint density at radius 1 is 1.04 bits per heavy atom. The molecule has 1 heterocycles. The maximum Gasteiger partial charge on any atom is 0.142 e. The molecule has 0 saturated heterocycles. The minimum Gasteiger partial charge on any atom is -0.493 e. The Labute approximate surface area is 166 Å². The standard InChI is InChI=1S/C23H26N2O3/c1-17-12-21(15-24-27-16-20-8-5-4-6-9-20)13-18(2)23(17)26-11-7-10-22-14-19(3)25-28-22/h4-6,8-9,12-15H,7,10-11,16H2,1-3H3. The average molecular weight is 378 g/mol. The highest BCUT2D eigenvalue weighted by Gasteiger charge is 2.07. The summed E-state index contributed by atoms with van der Waals surface area (Å²) in [6.07, 6.45) is 3.44. The molecule has 0 saturated carbocycles. The quantitative estimate of drug-likeness (QED) is 0.293. The Balaban J connectivity index is 1.49. The molecule has 0 atom stereocenters. The molecule has 1 aromatic heterocycles. The van der Waals surface area contributed by atoms with Gasteiger partial charge in [0.15, 0.2) is 0 Å². The number of aromatic nitrogens is 1. The van der Waals surface area contributed by atoms with E-state index in [1.54, 1.807) is 6.21 Å². The van der Waals surface area contributed by atoms with Crippen molar-refractivity contribution < 1.29 is 14.1 Å². The molecule has 0 spiro atoms. The molecule has 3 rings (SSSR count). The third kappa shape index (κ3) is 5.71. The van der Waals surface area contributed by atoms with Crippen LogP contribution in [0.15, 0.2) is 58.2 Å². The van der Waals surface area contributed by atoms with Crippen LogP contribution in [0.5, 0.6) is 5.75 Å². The number of benzene rings is 2. The SMILES string of the molecule is Cc1cc(CCCOc2c(C)cc(C=NOCc3ccccc3)cc2C)on1. The number of nitrogens with zero attached hydrogens (tertiary/aromatic N) is 2. The highest BCUT2D eigenvalue weighted by molar-refractivity contribution is 5.80. The molecule has 0 aliphatic heterocycles. The van der Waals surface area contributed by atoms with Crippen LogP contribution in [0.4, 0.5) is 0 Å². The first-order valence-electron chi connectivity index (χ1n) is 9.47. The maximum atomic E-state index is 6.00. The lowest BCUT2D eigenvalue weighted by atomic mass is 10.1. The molecule has 0 fully saturated rings. The average Bonchev–Trinajstić information content (AvgIpc) is 3.10. The van der Waals surface area contributed by atoms with Crippen LogP contribution in [-0.2, 0) is 17.9 Å². The molecular weight excluding hydrogens is 352 g/mol. The number of aryl methyl sites for hydroxylation is 4. The van der Waals surface area contributed by atoms with E-state index in [9.17, 15) is 0 Å². The fourth-order valence-electron chi connectivity index (χ4n) is 3.02. The van der Waals surface area contributed by atoms with Crippen molar-refractivity contribution in [2.75, 3.05) is 6.61 Å². The highest BCUT2D eigenvalue weighted by atomic mass is 16.6. The van der Waals surface area contributed by atoms with Crippen LogP contribution < -0.4 is 4.74 Å². The second-order valence-corrected chi connectivity index (χ2v) is 6.86. The van der Waals surface area contributed by atoms with Crippen LogP contribution in [-0.4, -0.2) is 18.0 Å². The van der Waals surface area contributed by atoms with E-state index in [1.807, 2.05) is 57.2 Å². The van der Waals surface area contributed by atoms with Crippen molar-refractivity contribution >= 4 is 6.21 Å². The van der Waals surface area contributed by atoms with E-state index >= 15 is 0 Å². The first-order valence-corrected chi connectivity index (χ1v) is 9.47. The third-order valence-corrected chi connectivity index (χ3v) is 4.32. The first-order chi connectivity index (χ1) is 13.6. The van der Waals surface area contributed by atoms with Gasteiger partial charge in [0.1, 0.15) is 18.1 Å². The van der Waals surface area contributed by atoms with Crippen molar-refractivity contribution in [3.05, 3.63) is 82.2 Å². The molecule has 5 nitrogen and oxygen atoms in total. The van der Waals surface area contributed by atoms with Crippen molar-refractivity contribution in [1.29, 1.82) is 0 Å². The summed E-state index contributed by atoms with van der Waals surface area (Å²) in [5, 5.41) is 7.98. The van der Waals surface area contributed by atoms with Crippen LogP contribution in [0.2, 0.25) is 0 Å². The molecule has 0 amide bonds. The van der Waals surface area contributed by atoms with Crippen molar-refractivity contribution in [2.45, 2.75) is 40.2 Å². The van der Waals surface area contributed by atoms with Crippen LogP contribution >= 0.6 is 0 Å². The van der Waals surface area contributed by atoms with E-state index in [4.69, 9.17) is 14.1 Å². The van der Waals surface area contributed by atoms with Crippen LogP contribution in [0, 0.1) is 20.8 Å². The maximum absolute atomic E-state index is 6.00. The normalized spacial score (nSPS) is 11.1. The van der Waals surface area contributed by atoms with E-state index in [0.29, 0.717) is 13.2 Å². The summed E-state index contributed by atoms with van der Waals surface area (Å²) < 4.78 is 11.2. The molecule has 0 aliphatic carbocycles. The van der Waals surface area contributed by atoms with Gasteiger partial charge < -0.3 is 14.1 Å². The Hall–Kier alpha value is -3.08. The van der Waals surface area contributed by atoms with Gasteiger partial charge in [0.05, 0.1) is 18.5 Å². The second kappa shape index (κ2) is 9.74. The molecule has 0 aliphatic rings. The summed E-state index contributed by atoms with van der Waals surface area (Å²) in [5.74, 6) is 1.83. The van der Waals surface area contributed by atoms with E-state index in [0.717, 1.165) is 52.3 Å². The molecule has 5 heteroatoms. The van der Waals surface area contributed by atoms with Crippen molar-refractivity contribution in [2.24, 2.45) is 5.16 Å². The fraction of sp³-hybridized carbons (Fsp3) is 0.304. The van der Waals surface area contributed by atoms with Gasteiger partial charge in [0.2, 0.25) is 0 Å². The second-order valence-electron chi connectivity index (χ2n) is 6.86. The molecule has 0 unspecified atom stereocenters. The zero-order chi connectivity index (χ0) is 19.8. The monoisotopic (exact) mass is 378 g/mol. The molecule has 0 radical (unpaired) electrons. The Kier molecular flexibility index (Phi) is 6.84. The van der Waals surface area contributed by atoms with Gasteiger partial charge in [-0.25, -0.2) is 0 Å². The lowest BCUT2D eigenvalue weighted by molar-refractivity contribution is 0.132. The highest BCUT2D eigenvalue weighted by Crippen LogP contribution is 2.24. The van der Waals surface area contributed by atoms with Crippen LogP contribution in [0.25, 0.3) is 0 Å². The molecule has 3 aromatic rings. The van der Waals surface area contributed by atoms with Crippen LogP contribution in [0.3, 0.4) is 0 Å². The van der Waals surface area contributed by atoms with E-state index in [-0.39, 0.29) is 0 Å². The van der Waals surface area contributed by atoms with Gasteiger partial charge in [-0.3, -0.25) is 0 Å². The molecule has 2 aromatic carbocycles. The fourth-order valence-corrected chi connectivity index (χ4v) is 3.02.